The molecule has 0 aromatic carbocycles. The molecule has 1 N–H and O–H groups in total. The van der Waals surface area contributed by atoms with Gasteiger partial charge in [0, 0.05) is 0 Å². The summed E-state index contributed by atoms with van der Waals surface area (Å²) in [5, 5.41) is 0. The lowest BCUT2D eigenvalue weighted by atomic mass is 10.7. The summed E-state index contributed by atoms with van der Waals surface area (Å²) in [7, 11) is 0. The molecule has 0 bridgehead atoms. The largest absolute Gasteiger partial charge is 0.215 e. The van der Waals surface area contributed by atoms with E-state index in [2.05, 4.69) is 9.12 Å². The maximum atomic E-state index is 5.45. The quantitative estimate of drug-likeness (QED) is 0.326. The Morgan fingerprint density at radius 3 is 2.57 bits per heavy atom. The molecule has 40 valence electrons. The number of halogens is 2. The summed E-state index contributed by atoms with van der Waals surface area (Å²) in [6.45, 7) is 0. The smallest absolute Gasteiger partial charge is 0.208 e. The first kappa shape index (κ1) is 5.69. The summed E-state index contributed by atoms with van der Waals surface area (Å²) < 4.78 is 5.33. The van der Waals surface area contributed by atoms with Crippen molar-refractivity contribution in [2.24, 2.45) is 4.40 Å². The molecule has 7 heavy (non-hydrogen) atoms. The maximum absolute atomic E-state index is 5.45. The second kappa shape index (κ2) is 1.82. The molecule has 0 unspecified atom stereocenters. The van der Waals surface area contributed by atoms with Gasteiger partial charge >= 0.3 is 0 Å². The Labute approximate surface area is 55.5 Å². The molecule has 0 radical (unpaired) electrons. The Morgan fingerprint density at radius 2 is 2.43 bits per heavy atom. The van der Waals surface area contributed by atoms with Gasteiger partial charge in [-0.25, -0.2) is 9.12 Å². The third kappa shape index (κ3) is 1.49. The number of nitrogens with zero attached hydrogens (tertiary/aromatic N) is 1. The molecule has 5 heteroatoms. The second-order valence-corrected chi connectivity index (χ2v) is 3.03. The van der Waals surface area contributed by atoms with Crippen molar-refractivity contribution in [3.63, 3.8) is 0 Å². The van der Waals surface area contributed by atoms with Crippen LogP contribution < -0.4 is 4.72 Å². The van der Waals surface area contributed by atoms with Gasteiger partial charge in [0.2, 0.25) is 4.46 Å². The van der Waals surface area contributed by atoms with Crippen LogP contribution in [0.4, 0.5) is 0 Å². The predicted octanol–water partition coefficient (Wildman–Crippen LogP) is 1.35. The van der Waals surface area contributed by atoms with Gasteiger partial charge in [0.25, 0.3) is 0 Å². The van der Waals surface area contributed by atoms with Crippen molar-refractivity contribution < 1.29 is 0 Å². The van der Waals surface area contributed by atoms with Gasteiger partial charge in [-0.1, -0.05) is 23.2 Å². The lowest BCUT2D eigenvalue weighted by Gasteiger charge is -2.03. The van der Waals surface area contributed by atoms with Crippen molar-refractivity contribution in [1.82, 2.24) is 4.72 Å². The zero-order chi connectivity index (χ0) is 5.33. The Bertz CT molecular complexity index is 102. The summed E-state index contributed by atoms with van der Waals surface area (Å²) in [4.78, 5) is 0. The minimum absolute atomic E-state index is 0.940. The number of rotatable bonds is 0. The van der Waals surface area contributed by atoms with Crippen LogP contribution in [0.1, 0.15) is 0 Å². The molecule has 0 aromatic rings. The molecule has 0 fully saturated rings. The van der Waals surface area contributed by atoms with E-state index in [-0.39, 0.29) is 0 Å². The van der Waals surface area contributed by atoms with Gasteiger partial charge < -0.3 is 0 Å². The molecule has 1 aliphatic rings. The number of nitrogens with one attached hydrogen (secondary N) is 1. The van der Waals surface area contributed by atoms with Crippen molar-refractivity contribution in [3.05, 3.63) is 0 Å². The fourth-order valence-electron chi connectivity index (χ4n) is 0.206. The molecule has 1 heterocycles. The first-order valence-corrected chi connectivity index (χ1v) is 3.09. The van der Waals surface area contributed by atoms with Crippen LogP contribution in [0.3, 0.4) is 0 Å². The fourth-order valence-corrected chi connectivity index (χ4v) is 1.06. The van der Waals surface area contributed by atoms with Crippen LogP contribution >= 0.6 is 35.3 Å². The van der Waals surface area contributed by atoms with Crippen molar-refractivity contribution in [3.8, 4) is 0 Å². The lowest BCUT2D eigenvalue weighted by molar-refractivity contribution is 1.04. The predicted molar refractivity (Wildman–Crippen MR) is 33.7 cm³/mol. The highest BCUT2D eigenvalue weighted by atomic mass is 35.5. The van der Waals surface area contributed by atoms with E-state index < -0.39 is 4.46 Å². The molecule has 0 saturated carbocycles. The highest BCUT2D eigenvalue weighted by Crippen LogP contribution is 2.23. The highest BCUT2D eigenvalue weighted by Gasteiger charge is 2.24. The average Bonchev–Trinajstić information content (AvgIpc) is 1.84. The molecule has 0 aromatic heterocycles. The summed E-state index contributed by atoms with van der Waals surface area (Å²) in [5.74, 6) is 0. The summed E-state index contributed by atoms with van der Waals surface area (Å²) in [6.07, 6.45) is 1.43. The summed E-state index contributed by atoms with van der Waals surface area (Å²) in [6, 6.07) is 0. The van der Waals surface area contributed by atoms with Crippen LogP contribution in [0.5, 0.6) is 0 Å². The monoisotopic (exact) mass is 156 g/mol. The Kier molecular flexibility index (Phi) is 1.48. The SMILES string of the molecule is ClC1(Cl)C=NSN1. The third-order valence-electron chi connectivity index (χ3n) is 0.449. The van der Waals surface area contributed by atoms with Crippen molar-refractivity contribution >= 4 is 41.6 Å². The minimum Gasteiger partial charge on any atom is -0.208 e. The van der Waals surface area contributed by atoms with Crippen molar-refractivity contribution in [2.45, 2.75) is 4.46 Å². The van der Waals surface area contributed by atoms with E-state index in [9.17, 15) is 0 Å². The maximum Gasteiger partial charge on any atom is 0.215 e. The van der Waals surface area contributed by atoms with Gasteiger partial charge in [-0.05, 0) is 0 Å². The third-order valence-corrected chi connectivity index (χ3v) is 1.68. The Morgan fingerprint density at radius 1 is 1.71 bits per heavy atom. The van der Waals surface area contributed by atoms with Gasteiger partial charge in [-0.15, -0.1) is 0 Å². The minimum atomic E-state index is -0.940. The van der Waals surface area contributed by atoms with Gasteiger partial charge in [0.1, 0.15) is 0 Å². The zero-order valence-electron chi connectivity index (χ0n) is 3.19. The molecule has 0 atom stereocenters. The second-order valence-electron chi connectivity index (χ2n) is 1.05. The van der Waals surface area contributed by atoms with E-state index in [1.54, 1.807) is 0 Å². The first-order chi connectivity index (χ1) is 3.21. The standard InChI is InChI=1S/C2H2Cl2N2S/c3-2(4)1-5-7-6-2/h1,6H. The molecule has 0 spiro atoms. The molecule has 0 saturated heterocycles. The van der Waals surface area contributed by atoms with Crippen LogP contribution in [0.25, 0.3) is 0 Å². The number of hydrogen-bond acceptors (Lipinski definition) is 3. The van der Waals surface area contributed by atoms with Crippen LogP contribution in [0.15, 0.2) is 4.40 Å². The summed E-state index contributed by atoms with van der Waals surface area (Å²) in [5.41, 5.74) is 0. The van der Waals surface area contributed by atoms with Crippen molar-refractivity contribution in [1.29, 1.82) is 0 Å². The Balaban J connectivity index is 2.57. The fraction of sp³-hybridized carbons (Fsp3) is 0.500. The van der Waals surface area contributed by atoms with Crippen LogP contribution in [-0.2, 0) is 0 Å². The van der Waals surface area contributed by atoms with Crippen molar-refractivity contribution in [2.75, 3.05) is 0 Å². The number of hydrogen-bond donors (Lipinski definition) is 1. The molecule has 0 amide bonds. The molecular weight excluding hydrogens is 155 g/mol. The van der Waals surface area contributed by atoms with E-state index in [0.717, 1.165) is 12.1 Å². The topological polar surface area (TPSA) is 24.4 Å². The van der Waals surface area contributed by atoms with Gasteiger partial charge in [0.15, 0.2) is 0 Å². The van der Waals surface area contributed by atoms with Gasteiger partial charge in [0.05, 0.1) is 18.3 Å². The van der Waals surface area contributed by atoms with Crippen LogP contribution in [0, 0.1) is 0 Å². The summed E-state index contributed by atoms with van der Waals surface area (Å²) >= 11 is 12.0. The highest BCUT2D eigenvalue weighted by molar-refractivity contribution is 7.96. The lowest BCUT2D eigenvalue weighted by Crippen LogP contribution is -2.24. The number of alkyl halides is 2. The molecule has 1 rings (SSSR count). The van der Waals surface area contributed by atoms with E-state index in [0.29, 0.717) is 0 Å². The van der Waals surface area contributed by atoms with E-state index in [1.165, 1.54) is 6.21 Å². The van der Waals surface area contributed by atoms with E-state index >= 15 is 0 Å². The zero-order valence-corrected chi connectivity index (χ0v) is 5.52. The van der Waals surface area contributed by atoms with E-state index in [1.807, 2.05) is 0 Å². The van der Waals surface area contributed by atoms with E-state index in [4.69, 9.17) is 23.2 Å². The average molecular weight is 157 g/mol. The Hall–Kier alpha value is 0.560. The van der Waals surface area contributed by atoms with Crippen LogP contribution in [-0.4, -0.2) is 10.7 Å². The first-order valence-electron chi connectivity index (χ1n) is 1.56. The van der Waals surface area contributed by atoms with Gasteiger partial charge in [-0.3, -0.25) is 0 Å². The molecular formula is C2H2Cl2N2S. The van der Waals surface area contributed by atoms with Crippen LogP contribution in [0.2, 0.25) is 0 Å². The molecule has 0 aliphatic carbocycles. The van der Waals surface area contributed by atoms with Gasteiger partial charge in [-0.2, -0.15) is 0 Å². The molecule has 2 nitrogen and oxygen atoms in total. The normalized spacial score (nSPS) is 26.0. The molecule has 1 aliphatic heterocycles.